The van der Waals surface area contributed by atoms with Crippen molar-refractivity contribution in [2.75, 3.05) is 0 Å². The van der Waals surface area contributed by atoms with Crippen LogP contribution in [0, 0.1) is 12.7 Å². The Kier molecular flexibility index (Phi) is 3.23. The second-order valence-corrected chi connectivity index (χ2v) is 3.42. The van der Waals surface area contributed by atoms with Crippen molar-refractivity contribution >= 4 is 6.29 Å². The first kappa shape index (κ1) is 10.7. The molecule has 0 N–H and O–H groups in total. The monoisotopic (exact) mass is 196 g/mol. The summed E-state index contributed by atoms with van der Waals surface area (Å²) >= 11 is 0. The number of ether oxygens (including phenoxy) is 1. The number of carbonyl (C=O) groups excluding carboxylic acids is 1. The molecule has 0 bridgehead atoms. The third kappa shape index (κ3) is 2.31. The molecule has 0 spiro atoms. The molecule has 0 saturated carbocycles. The summed E-state index contributed by atoms with van der Waals surface area (Å²) in [5.74, 6) is -0.297. The van der Waals surface area contributed by atoms with E-state index in [-0.39, 0.29) is 11.9 Å². The molecule has 2 nitrogen and oxygen atoms in total. The smallest absolute Gasteiger partial charge is 0.165 e. The van der Waals surface area contributed by atoms with Crippen LogP contribution in [-0.4, -0.2) is 12.4 Å². The van der Waals surface area contributed by atoms with Gasteiger partial charge in [-0.2, -0.15) is 0 Å². The molecule has 0 amide bonds. The van der Waals surface area contributed by atoms with Gasteiger partial charge in [0.05, 0.1) is 6.10 Å². The van der Waals surface area contributed by atoms with Crippen molar-refractivity contribution in [1.82, 2.24) is 0 Å². The largest absolute Gasteiger partial charge is 0.488 e. The van der Waals surface area contributed by atoms with E-state index in [9.17, 15) is 9.18 Å². The number of hydrogen-bond acceptors (Lipinski definition) is 2. The van der Waals surface area contributed by atoms with Gasteiger partial charge in [0, 0.05) is 5.56 Å². The summed E-state index contributed by atoms with van der Waals surface area (Å²) < 4.78 is 18.5. The number of aldehydes is 1. The number of halogens is 1. The zero-order valence-corrected chi connectivity index (χ0v) is 8.50. The fourth-order valence-electron chi connectivity index (χ4n) is 1.14. The van der Waals surface area contributed by atoms with Gasteiger partial charge in [0.1, 0.15) is 6.29 Å². The first-order valence-corrected chi connectivity index (χ1v) is 4.46. The predicted molar refractivity (Wildman–Crippen MR) is 52.3 cm³/mol. The van der Waals surface area contributed by atoms with Crippen LogP contribution in [0.2, 0.25) is 0 Å². The van der Waals surface area contributed by atoms with Crippen molar-refractivity contribution in [2.45, 2.75) is 26.9 Å². The van der Waals surface area contributed by atoms with E-state index >= 15 is 0 Å². The van der Waals surface area contributed by atoms with Crippen LogP contribution in [0.4, 0.5) is 4.39 Å². The maximum atomic E-state index is 13.3. The molecule has 3 heteroatoms. The summed E-state index contributed by atoms with van der Waals surface area (Å²) in [7, 11) is 0. The van der Waals surface area contributed by atoms with Gasteiger partial charge in [-0.1, -0.05) is 0 Å². The quantitative estimate of drug-likeness (QED) is 0.695. The Balaban J connectivity index is 3.08. The first-order chi connectivity index (χ1) is 6.54. The highest BCUT2D eigenvalue weighted by Crippen LogP contribution is 2.22. The second kappa shape index (κ2) is 4.22. The molecule has 0 unspecified atom stereocenters. The molecule has 76 valence electrons. The third-order valence-corrected chi connectivity index (χ3v) is 1.81. The number of hydrogen-bond donors (Lipinski definition) is 0. The molecule has 0 aliphatic heterocycles. The van der Waals surface area contributed by atoms with Crippen molar-refractivity contribution in [3.63, 3.8) is 0 Å². The molecule has 0 saturated heterocycles. The van der Waals surface area contributed by atoms with Crippen LogP contribution in [0.15, 0.2) is 12.1 Å². The third-order valence-electron chi connectivity index (χ3n) is 1.81. The zero-order chi connectivity index (χ0) is 10.7. The summed E-state index contributed by atoms with van der Waals surface area (Å²) in [5, 5.41) is 0. The molecule has 0 fully saturated rings. The molecule has 0 heterocycles. The Bertz CT molecular complexity index is 345. The van der Waals surface area contributed by atoms with Crippen LogP contribution in [0.5, 0.6) is 5.75 Å². The number of aryl methyl sites for hydroxylation is 1. The Labute approximate surface area is 82.7 Å². The van der Waals surface area contributed by atoms with Crippen LogP contribution < -0.4 is 4.74 Å². The molecular formula is C11H13FO2. The van der Waals surface area contributed by atoms with Gasteiger partial charge in [-0.3, -0.25) is 4.79 Å². The van der Waals surface area contributed by atoms with E-state index in [2.05, 4.69) is 0 Å². The molecule has 1 aromatic carbocycles. The Morgan fingerprint density at radius 3 is 2.57 bits per heavy atom. The van der Waals surface area contributed by atoms with Crippen LogP contribution >= 0.6 is 0 Å². The predicted octanol–water partition coefficient (Wildman–Crippen LogP) is 2.73. The lowest BCUT2D eigenvalue weighted by Gasteiger charge is -2.11. The first-order valence-electron chi connectivity index (χ1n) is 4.46. The Morgan fingerprint density at radius 1 is 1.43 bits per heavy atom. The molecule has 0 radical (unpaired) electrons. The highest BCUT2D eigenvalue weighted by Gasteiger charge is 2.08. The van der Waals surface area contributed by atoms with E-state index in [1.807, 2.05) is 13.8 Å². The standard InChI is InChI=1S/C11H13FO2/c1-7(2)14-11-4-8(3)9(6-13)5-10(11)12/h4-7H,1-3H3. The van der Waals surface area contributed by atoms with E-state index < -0.39 is 5.82 Å². The lowest BCUT2D eigenvalue weighted by atomic mass is 10.1. The fourth-order valence-corrected chi connectivity index (χ4v) is 1.14. The van der Waals surface area contributed by atoms with Crippen LogP contribution in [0.3, 0.4) is 0 Å². The maximum absolute atomic E-state index is 13.3. The van der Waals surface area contributed by atoms with Crippen molar-refractivity contribution in [1.29, 1.82) is 0 Å². The van der Waals surface area contributed by atoms with Gasteiger partial charge < -0.3 is 4.74 Å². The lowest BCUT2D eigenvalue weighted by Crippen LogP contribution is -2.07. The summed E-state index contributed by atoms with van der Waals surface area (Å²) in [6, 6.07) is 2.74. The minimum Gasteiger partial charge on any atom is -0.488 e. The maximum Gasteiger partial charge on any atom is 0.165 e. The molecule has 0 aliphatic carbocycles. The molecule has 0 aliphatic rings. The van der Waals surface area contributed by atoms with Gasteiger partial charge in [0.15, 0.2) is 11.6 Å². The van der Waals surface area contributed by atoms with Crippen molar-refractivity contribution in [3.05, 3.63) is 29.1 Å². The van der Waals surface area contributed by atoms with E-state index in [0.29, 0.717) is 11.8 Å². The van der Waals surface area contributed by atoms with E-state index in [4.69, 9.17) is 4.74 Å². The van der Waals surface area contributed by atoms with Gasteiger partial charge in [0.25, 0.3) is 0 Å². The topological polar surface area (TPSA) is 26.3 Å². The van der Waals surface area contributed by atoms with Gasteiger partial charge in [-0.25, -0.2) is 4.39 Å². The van der Waals surface area contributed by atoms with Crippen LogP contribution in [0.1, 0.15) is 29.8 Å². The molecule has 1 rings (SSSR count). The SMILES string of the molecule is Cc1cc(OC(C)C)c(F)cc1C=O. The lowest BCUT2D eigenvalue weighted by molar-refractivity contribution is 0.112. The minimum absolute atomic E-state index is 0.0778. The summed E-state index contributed by atoms with van der Waals surface area (Å²) in [6.45, 7) is 5.39. The summed E-state index contributed by atoms with van der Waals surface area (Å²) in [5.41, 5.74) is 1.08. The molecule has 1 aromatic rings. The van der Waals surface area contributed by atoms with Crippen molar-refractivity contribution in [2.24, 2.45) is 0 Å². The highest BCUT2D eigenvalue weighted by atomic mass is 19.1. The molecular weight excluding hydrogens is 183 g/mol. The number of rotatable bonds is 3. The number of carbonyl (C=O) groups is 1. The van der Waals surface area contributed by atoms with Crippen LogP contribution in [0.25, 0.3) is 0 Å². The van der Waals surface area contributed by atoms with E-state index in [1.165, 1.54) is 6.07 Å². The fraction of sp³-hybridized carbons (Fsp3) is 0.364. The normalized spacial score (nSPS) is 10.4. The van der Waals surface area contributed by atoms with Gasteiger partial charge in [-0.05, 0) is 38.5 Å². The van der Waals surface area contributed by atoms with Crippen molar-refractivity contribution in [3.8, 4) is 5.75 Å². The molecule has 0 aromatic heterocycles. The second-order valence-electron chi connectivity index (χ2n) is 3.42. The highest BCUT2D eigenvalue weighted by molar-refractivity contribution is 5.77. The minimum atomic E-state index is -0.494. The van der Waals surface area contributed by atoms with E-state index in [0.717, 1.165) is 5.56 Å². The summed E-state index contributed by atoms with van der Waals surface area (Å²) in [4.78, 5) is 10.5. The van der Waals surface area contributed by atoms with E-state index in [1.54, 1.807) is 13.0 Å². The molecule has 14 heavy (non-hydrogen) atoms. The van der Waals surface area contributed by atoms with Crippen LogP contribution in [-0.2, 0) is 0 Å². The molecule has 0 atom stereocenters. The van der Waals surface area contributed by atoms with Gasteiger partial charge in [0.2, 0.25) is 0 Å². The average molecular weight is 196 g/mol. The zero-order valence-electron chi connectivity index (χ0n) is 8.50. The Morgan fingerprint density at radius 2 is 2.07 bits per heavy atom. The van der Waals surface area contributed by atoms with Gasteiger partial charge >= 0.3 is 0 Å². The van der Waals surface area contributed by atoms with Crippen molar-refractivity contribution < 1.29 is 13.9 Å². The average Bonchev–Trinajstić information content (AvgIpc) is 2.10. The number of benzene rings is 1. The van der Waals surface area contributed by atoms with Gasteiger partial charge in [-0.15, -0.1) is 0 Å². The Hall–Kier alpha value is -1.38. The summed E-state index contributed by atoms with van der Waals surface area (Å²) in [6.07, 6.45) is 0.559.